The molecule has 0 heterocycles. The first-order chi connectivity index (χ1) is 20.0. The van der Waals surface area contributed by atoms with E-state index in [0.717, 1.165) is 11.1 Å². The molecule has 16 heteroatoms. The summed E-state index contributed by atoms with van der Waals surface area (Å²) in [5.74, 6) is 0.763. The molecule has 0 saturated heterocycles. The smallest absolute Gasteiger partial charge is 0.452 e. The lowest BCUT2D eigenvalue weighted by molar-refractivity contribution is -0.0521. The molecule has 0 spiro atoms. The van der Waals surface area contributed by atoms with Crippen molar-refractivity contribution in [2.75, 3.05) is 13.2 Å². The lowest BCUT2D eigenvalue weighted by atomic mass is 9.78. The van der Waals surface area contributed by atoms with Crippen molar-refractivity contribution < 1.29 is 38.0 Å². The van der Waals surface area contributed by atoms with Gasteiger partial charge in [-0.15, -0.1) is 0 Å². The molecule has 0 aliphatic carbocycles. The highest BCUT2D eigenvalue weighted by atomic mass is 79.9. The minimum absolute atomic E-state index is 0.0157. The summed E-state index contributed by atoms with van der Waals surface area (Å²) in [6, 6.07) is 0. The Bertz CT molecular complexity index is 1250. The second-order valence-electron chi connectivity index (χ2n) is 8.85. The van der Waals surface area contributed by atoms with E-state index in [2.05, 4.69) is 141 Å². The zero-order valence-electron chi connectivity index (χ0n) is 22.9. The number of carbonyl (C=O) groups is 2. The molecule has 2 unspecified atom stereocenters. The number of benzene rings is 2. The van der Waals surface area contributed by atoms with Crippen molar-refractivity contribution in [3.63, 3.8) is 0 Å². The van der Waals surface area contributed by atoms with Crippen LogP contribution >= 0.6 is 127 Å². The quantitative estimate of drug-likeness (QED) is 0.0899. The van der Waals surface area contributed by atoms with Gasteiger partial charge in [-0.1, -0.05) is 39.2 Å². The van der Waals surface area contributed by atoms with Crippen molar-refractivity contribution >= 4 is 140 Å². The van der Waals surface area contributed by atoms with E-state index in [1.165, 1.54) is 12.2 Å². The molecule has 2 rings (SSSR count). The molecule has 0 radical (unpaired) electrons. The molecule has 236 valence electrons. The zero-order chi connectivity index (χ0) is 32.8. The number of rotatable bonds is 12. The molecule has 0 aliphatic heterocycles. The molecule has 8 nitrogen and oxygen atoms in total. The molecule has 0 saturated carbocycles. The number of carbonyl (C=O) groups excluding carboxylic acids is 2. The minimum Gasteiger partial charge on any atom is -0.452 e. The third-order valence-electron chi connectivity index (χ3n) is 5.43. The lowest BCUT2D eigenvalue weighted by Gasteiger charge is -2.33. The Hall–Kier alpha value is -0.1000. The van der Waals surface area contributed by atoms with Crippen molar-refractivity contribution in [2.24, 2.45) is 0 Å². The number of halogens is 8. The monoisotopic (exact) mass is 1110 g/mol. The van der Waals surface area contributed by atoms with Crippen LogP contribution in [-0.4, -0.2) is 38.1 Å². The molecule has 0 aliphatic rings. The minimum atomic E-state index is -0.972. The van der Waals surface area contributed by atoms with Crippen LogP contribution in [0, 0.1) is 0 Å². The fraction of sp³-hybridized carbons (Fsp3) is 0.333. The topological polar surface area (TPSA) is 89.5 Å². The second kappa shape index (κ2) is 17.2. The highest BCUT2D eigenvalue weighted by Crippen LogP contribution is 2.56. The van der Waals surface area contributed by atoms with Gasteiger partial charge in [0.05, 0.1) is 17.9 Å². The lowest BCUT2D eigenvalue weighted by Crippen LogP contribution is -2.25. The summed E-state index contributed by atoms with van der Waals surface area (Å²) < 4.78 is 36.9. The predicted molar refractivity (Wildman–Crippen MR) is 192 cm³/mol. The first-order valence-corrected chi connectivity index (χ1v) is 18.3. The third-order valence-corrected chi connectivity index (χ3v) is 13.8. The molecule has 43 heavy (non-hydrogen) atoms. The first-order valence-electron chi connectivity index (χ1n) is 12.0. The second-order valence-corrected chi connectivity index (χ2v) is 15.2. The Morgan fingerprint density at radius 1 is 0.628 bits per heavy atom. The summed E-state index contributed by atoms with van der Waals surface area (Å²) >= 11 is 29.5. The van der Waals surface area contributed by atoms with E-state index in [4.69, 9.17) is 28.4 Å². The summed E-state index contributed by atoms with van der Waals surface area (Å²) in [6.07, 6.45) is -0.851. The molecule has 0 fully saturated rings. The van der Waals surface area contributed by atoms with Gasteiger partial charge in [-0.3, -0.25) is 0 Å². The SMILES string of the molecule is C=CCOC(=O)OC(C)Oc1c(Br)c(Br)c(C(C)(C)c2c(Br)c(Br)c(OC(C)OC(=O)OCC=C)c(Br)c2Br)c(Br)c1Br. The highest BCUT2D eigenvalue weighted by Gasteiger charge is 2.38. The van der Waals surface area contributed by atoms with Gasteiger partial charge in [0.1, 0.15) is 13.2 Å². The molecule has 0 bridgehead atoms. The van der Waals surface area contributed by atoms with Gasteiger partial charge >= 0.3 is 12.3 Å². The van der Waals surface area contributed by atoms with Gasteiger partial charge in [-0.25, -0.2) is 9.59 Å². The van der Waals surface area contributed by atoms with Gasteiger partial charge in [-0.2, -0.15) is 0 Å². The van der Waals surface area contributed by atoms with Gasteiger partial charge in [-0.05, 0) is 139 Å². The maximum atomic E-state index is 11.9. The molecule has 2 atom stereocenters. The van der Waals surface area contributed by atoms with Crippen LogP contribution in [0.2, 0.25) is 0 Å². The zero-order valence-corrected chi connectivity index (χ0v) is 35.6. The molecule has 0 aromatic heterocycles. The summed E-state index contributed by atoms with van der Waals surface area (Å²) in [6.45, 7) is 14.2. The number of ether oxygens (including phenoxy) is 6. The average molecular weight is 1120 g/mol. The molecular weight excluding hydrogens is 1090 g/mol. The highest BCUT2D eigenvalue weighted by molar-refractivity contribution is 9.14. The van der Waals surface area contributed by atoms with E-state index < -0.39 is 30.3 Å². The predicted octanol–water partition coefficient (Wildman–Crippen LogP) is 12.2. The van der Waals surface area contributed by atoms with E-state index in [0.29, 0.717) is 47.3 Å². The normalized spacial score (nSPS) is 12.6. The molecule has 0 N–H and O–H groups in total. The Balaban J connectivity index is 2.53. The standard InChI is InChI=1S/C27H24Br8O8/c1-7-9-38-25(36)42-11(3)40-23-19(32)15(28)13(16(29)20(23)33)27(5,6)14-17(30)21(34)24(22(35)18(14)31)41-12(4)43-26(37)39-10-8-2/h7-8,11-12H,1-2,9-10H2,3-6H3. The van der Waals surface area contributed by atoms with Crippen molar-refractivity contribution in [3.8, 4) is 11.5 Å². The van der Waals surface area contributed by atoms with Crippen molar-refractivity contribution in [3.05, 3.63) is 72.2 Å². The van der Waals surface area contributed by atoms with Crippen molar-refractivity contribution in [1.82, 2.24) is 0 Å². The summed E-state index contributed by atoms with van der Waals surface area (Å²) in [7, 11) is 0. The van der Waals surface area contributed by atoms with E-state index in [1.807, 2.05) is 13.8 Å². The Morgan fingerprint density at radius 3 is 1.16 bits per heavy atom. The Morgan fingerprint density at radius 2 is 0.907 bits per heavy atom. The third kappa shape index (κ3) is 9.48. The Labute approximate surface area is 317 Å². The van der Waals surface area contributed by atoms with Crippen LogP contribution in [0.25, 0.3) is 0 Å². The summed E-state index contributed by atoms with van der Waals surface area (Å²) in [4.78, 5) is 23.7. The molecule has 2 aromatic carbocycles. The number of hydrogen-bond donors (Lipinski definition) is 0. The van der Waals surface area contributed by atoms with E-state index in [1.54, 1.807) is 13.8 Å². The van der Waals surface area contributed by atoms with Gasteiger partial charge in [0.2, 0.25) is 12.6 Å². The van der Waals surface area contributed by atoms with Gasteiger partial charge < -0.3 is 28.4 Å². The van der Waals surface area contributed by atoms with Gasteiger partial charge in [0, 0.05) is 37.2 Å². The average Bonchev–Trinajstić information content (AvgIpc) is 2.93. The molecule has 2 aromatic rings. The summed E-state index contributed by atoms with van der Waals surface area (Å²) in [5, 5.41) is 0. The van der Waals surface area contributed by atoms with Crippen molar-refractivity contribution in [2.45, 2.75) is 45.7 Å². The fourth-order valence-corrected chi connectivity index (χ4v) is 10.1. The van der Waals surface area contributed by atoms with Crippen LogP contribution in [0.5, 0.6) is 11.5 Å². The molecule has 0 amide bonds. The van der Waals surface area contributed by atoms with Crippen LogP contribution in [-0.2, 0) is 24.4 Å². The van der Waals surface area contributed by atoms with Crippen LogP contribution in [0.15, 0.2) is 61.1 Å². The first kappa shape index (κ1) is 39.1. The van der Waals surface area contributed by atoms with Crippen LogP contribution in [0.4, 0.5) is 9.59 Å². The van der Waals surface area contributed by atoms with E-state index >= 15 is 0 Å². The largest absolute Gasteiger partial charge is 0.511 e. The fourth-order valence-electron chi connectivity index (χ4n) is 3.63. The van der Waals surface area contributed by atoms with Gasteiger partial charge in [0.15, 0.2) is 11.5 Å². The molecular formula is C27H24Br8O8. The number of hydrogen-bond acceptors (Lipinski definition) is 8. The van der Waals surface area contributed by atoms with Gasteiger partial charge in [0.25, 0.3) is 0 Å². The van der Waals surface area contributed by atoms with E-state index in [-0.39, 0.29) is 13.2 Å². The Kier molecular flexibility index (Phi) is 15.6. The van der Waals surface area contributed by atoms with Crippen molar-refractivity contribution in [1.29, 1.82) is 0 Å². The van der Waals surface area contributed by atoms with Crippen LogP contribution in [0.1, 0.15) is 38.8 Å². The maximum absolute atomic E-state index is 11.9. The van der Waals surface area contributed by atoms with E-state index in [9.17, 15) is 9.59 Å². The van der Waals surface area contributed by atoms with Crippen LogP contribution < -0.4 is 9.47 Å². The van der Waals surface area contributed by atoms with Crippen LogP contribution in [0.3, 0.4) is 0 Å². The summed E-state index contributed by atoms with van der Waals surface area (Å²) in [5.41, 5.74) is 0.983. The maximum Gasteiger partial charge on any atom is 0.511 e.